The highest BCUT2D eigenvalue weighted by Crippen LogP contribution is 2.35. The first kappa shape index (κ1) is 13.4. The molecular formula is C14H15ClN2O3. The zero-order chi connectivity index (χ0) is 14.3. The number of nitrogens with zero attached hydrogens (tertiary/aromatic N) is 2. The van der Waals surface area contributed by atoms with E-state index in [0.717, 1.165) is 31.2 Å². The van der Waals surface area contributed by atoms with Gasteiger partial charge in [-0.25, -0.2) is 0 Å². The summed E-state index contributed by atoms with van der Waals surface area (Å²) in [4.78, 5) is 24.7. The summed E-state index contributed by atoms with van der Waals surface area (Å²) in [5, 5.41) is 11.0. The summed E-state index contributed by atoms with van der Waals surface area (Å²) in [5.74, 6) is -0.0910. The van der Waals surface area contributed by atoms with Crippen molar-refractivity contribution in [2.24, 2.45) is 0 Å². The summed E-state index contributed by atoms with van der Waals surface area (Å²) < 4.78 is 0. The number of carbonyl (C=O) groups excluding carboxylic acids is 1. The lowest BCUT2D eigenvalue weighted by atomic mass is 9.94. The summed E-state index contributed by atoms with van der Waals surface area (Å²) in [7, 11) is 0. The smallest absolute Gasteiger partial charge is 0.288 e. The second-order valence-electron chi connectivity index (χ2n) is 5.44. The molecule has 0 bridgehead atoms. The number of benzene rings is 1. The molecule has 1 aromatic rings. The summed E-state index contributed by atoms with van der Waals surface area (Å²) in [6.07, 6.45) is 5.56. The van der Waals surface area contributed by atoms with Gasteiger partial charge >= 0.3 is 0 Å². The van der Waals surface area contributed by atoms with Crippen molar-refractivity contribution in [1.29, 1.82) is 0 Å². The highest BCUT2D eigenvalue weighted by molar-refractivity contribution is 6.33. The number of amides is 1. The number of rotatable bonds is 2. The fourth-order valence-electron chi connectivity index (χ4n) is 3.17. The van der Waals surface area contributed by atoms with Gasteiger partial charge in [0.1, 0.15) is 5.02 Å². The molecule has 1 aliphatic heterocycles. The van der Waals surface area contributed by atoms with Crippen molar-refractivity contribution >= 4 is 23.2 Å². The van der Waals surface area contributed by atoms with E-state index in [4.69, 9.17) is 11.6 Å². The Kier molecular flexibility index (Phi) is 3.38. The molecule has 3 rings (SSSR count). The Morgan fingerprint density at radius 2 is 1.95 bits per heavy atom. The van der Waals surface area contributed by atoms with Crippen molar-refractivity contribution in [2.75, 3.05) is 0 Å². The first-order chi connectivity index (χ1) is 9.58. The van der Waals surface area contributed by atoms with Gasteiger partial charge in [-0.3, -0.25) is 14.9 Å². The van der Waals surface area contributed by atoms with Crippen molar-refractivity contribution in [2.45, 2.75) is 44.7 Å². The molecule has 1 saturated carbocycles. The molecule has 6 heteroatoms. The third kappa shape index (κ3) is 2.16. The van der Waals surface area contributed by atoms with Gasteiger partial charge in [0, 0.05) is 18.7 Å². The van der Waals surface area contributed by atoms with E-state index in [2.05, 4.69) is 0 Å². The Hall–Kier alpha value is -1.62. The van der Waals surface area contributed by atoms with Crippen LogP contribution in [0.3, 0.4) is 0 Å². The van der Waals surface area contributed by atoms with Crippen molar-refractivity contribution in [3.05, 3.63) is 38.4 Å². The predicted octanol–water partition coefficient (Wildman–Crippen LogP) is 3.54. The molecule has 0 unspecified atom stereocenters. The molecule has 0 aromatic heterocycles. The molecular weight excluding hydrogens is 280 g/mol. The zero-order valence-corrected chi connectivity index (χ0v) is 11.7. The minimum Gasteiger partial charge on any atom is -0.331 e. The van der Waals surface area contributed by atoms with E-state index in [0.29, 0.717) is 12.1 Å². The zero-order valence-electron chi connectivity index (χ0n) is 11.0. The lowest BCUT2D eigenvalue weighted by Crippen LogP contribution is -2.36. The fraction of sp³-hybridized carbons (Fsp3) is 0.500. The Morgan fingerprint density at radius 1 is 1.25 bits per heavy atom. The van der Waals surface area contributed by atoms with Gasteiger partial charge < -0.3 is 4.90 Å². The average Bonchev–Trinajstić information content (AvgIpc) is 2.75. The third-order valence-electron chi connectivity index (χ3n) is 4.22. The van der Waals surface area contributed by atoms with E-state index < -0.39 is 4.92 Å². The Balaban J connectivity index is 1.92. The van der Waals surface area contributed by atoms with Crippen molar-refractivity contribution in [3.63, 3.8) is 0 Å². The van der Waals surface area contributed by atoms with Crippen LogP contribution in [-0.2, 0) is 6.54 Å². The summed E-state index contributed by atoms with van der Waals surface area (Å²) >= 11 is 5.91. The highest BCUT2D eigenvalue weighted by Gasteiger charge is 2.35. The molecule has 1 amide bonds. The van der Waals surface area contributed by atoms with Gasteiger partial charge in [0.05, 0.1) is 10.5 Å². The molecule has 1 aromatic carbocycles. The second-order valence-corrected chi connectivity index (χ2v) is 5.85. The molecule has 0 radical (unpaired) electrons. The van der Waals surface area contributed by atoms with Gasteiger partial charge in [0.15, 0.2) is 0 Å². The number of nitro groups is 1. The number of hydrogen-bond acceptors (Lipinski definition) is 3. The molecule has 0 N–H and O–H groups in total. The van der Waals surface area contributed by atoms with Gasteiger partial charge in [-0.15, -0.1) is 0 Å². The van der Waals surface area contributed by atoms with Crippen LogP contribution >= 0.6 is 11.6 Å². The maximum atomic E-state index is 12.4. The standard InChI is InChI=1S/C14H15ClN2O3/c15-12-6-9-8-16(10-4-2-1-3-5-10)14(18)11(9)7-13(12)17(19)20/h6-7,10H,1-5,8H2. The number of halogens is 1. The Morgan fingerprint density at radius 3 is 2.60 bits per heavy atom. The molecule has 1 fully saturated rings. The summed E-state index contributed by atoms with van der Waals surface area (Å²) in [6, 6.07) is 3.15. The van der Waals surface area contributed by atoms with Crippen LogP contribution in [0.4, 0.5) is 5.69 Å². The molecule has 0 saturated heterocycles. The van der Waals surface area contributed by atoms with Crippen LogP contribution in [0.2, 0.25) is 5.02 Å². The summed E-state index contributed by atoms with van der Waals surface area (Å²) in [5.41, 5.74) is 1.05. The minimum absolute atomic E-state index is 0.0910. The third-order valence-corrected chi connectivity index (χ3v) is 4.52. The summed E-state index contributed by atoms with van der Waals surface area (Å²) in [6.45, 7) is 0.524. The largest absolute Gasteiger partial charge is 0.331 e. The number of carbonyl (C=O) groups is 1. The second kappa shape index (κ2) is 5.05. The lowest BCUT2D eigenvalue weighted by Gasteiger charge is -2.30. The molecule has 20 heavy (non-hydrogen) atoms. The van der Waals surface area contributed by atoms with Crippen LogP contribution in [-0.4, -0.2) is 21.8 Å². The molecule has 0 atom stereocenters. The van der Waals surface area contributed by atoms with E-state index >= 15 is 0 Å². The number of nitro benzene ring substituents is 1. The first-order valence-corrected chi connectivity index (χ1v) is 7.23. The monoisotopic (exact) mass is 294 g/mol. The van der Waals surface area contributed by atoms with Gasteiger partial charge in [-0.2, -0.15) is 0 Å². The number of fused-ring (bicyclic) bond motifs is 1. The first-order valence-electron chi connectivity index (χ1n) is 6.85. The van der Waals surface area contributed by atoms with Crippen molar-refractivity contribution in [3.8, 4) is 0 Å². The van der Waals surface area contributed by atoms with E-state index in [-0.39, 0.29) is 22.7 Å². The Bertz CT molecular complexity index is 582. The van der Waals surface area contributed by atoms with Crippen LogP contribution in [0.25, 0.3) is 0 Å². The van der Waals surface area contributed by atoms with Gasteiger partial charge in [0.25, 0.3) is 11.6 Å². The molecule has 1 aliphatic carbocycles. The van der Waals surface area contributed by atoms with Crippen LogP contribution < -0.4 is 0 Å². The molecule has 1 heterocycles. The van der Waals surface area contributed by atoms with E-state index in [1.807, 2.05) is 4.90 Å². The van der Waals surface area contributed by atoms with E-state index in [1.54, 1.807) is 6.07 Å². The molecule has 106 valence electrons. The maximum Gasteiger partial charge on any atom is 0.288 e. The predicted molar refractivity (Wildman–Crippen MR) is 74.9 cm³/mol. The van der Waals surface area contributed by atoms with Crippen molar-refractivity contribution in [1.82, 2.24) is 4.90 Å². The maximum absolute atomic E-state index is 12.4. The van der Waals surface area contributed by atoms with Gasteiger partial charge in [-0.1, -0.05) is 30.9 Å². The van der Waals surface area contributed by atoms with E-state index in [9.17, 15) is 14.9 Å². The minimum atomic E-state index is -0.542. The molecule has 2 aliphatic rings. The highest BCUT2D eigenvalue weighted by atomic mass is 35.5. The quantitative estimate of drug-likeness (QED) is 0.619. The fourth-order valence-corrected chi connectivity index (χ4v) is 3.43. The topological polar surface area (TPSA) is 63.4 Å². The lowest BCUT2D eigenvalue weighted by molar-refractivity contribution is -0.384. The van der Waals surface area contributed by atoms with Crippen molar-refractivity contribution < 1.29 is 9.72 Å². The van der Waals surface area contributed by atoms with Gasteiger partial charge in [-0.05, 0) is 24.5 Å². The SMILES string of the molecule is O=C1c2cc([N+](=O)[O-])c(Cl)cc2CN1C1CCCCC1. The molecule has 5 nitrogen and oxygen atoms in total. The van der Waals surface area contributed by atoms with Crippen LogP contribution in [0.15, 0.2) is 12.1 Å². The normalized spacial score (nSPS) is 19.2. The number of hydrogen-bond donors (Lipinski definition) is 0. The molecule has 0 spiro atoms. The Labute approximate surface area is 121 Å². The van der Waals surface area contributed by atoms with Crippen LogP contribution in [0, 0.1) is 10.1 Å². The van der Waals surface area contributed by atoms with E-state index in [1.165, 1.54) is 12.5 Å². The van der Waals surface area contributed by atoms with Crippen LogP contribution in [0.1, 0.15) is 48.0 Å². The average molecular weight is 295 g/mol. The van der Waals surface area contributed by atoms with Gasteiger partial charge in [0.2, 0.25) is 0 Å². The van der Waals surface area contributed by atoms with Crippen LogP contribution in [0.5, 0.6) is 0 Å².